The Kier molecular flexibility index (Phi) is 4.63. The highest BCUT2D eigenvalue weighted by atomic mass is 127. The molecule has 0 aliphatic carbocycles. The standard InChI is InChI=1S/C19H14IN5O2/c20-15-8-12-17(13-9-15)24-22-19(14-6-10-18(11-7-14)25(26)27)21-23(24)16-4-2-1-3-5-16/h1-13H,(H,21,22). The number of nitro groups is 1. The number of nitrogens with zero attached hydrogens (tertiary/aromatic N) is 4. The van der Waals surface area contributed by atoms with Crippen LogP contribution in [0.4, 0.5) is 17.1 Å². The van der Waals surface area contributed by atoms with Crippen molar-refractivity contribution in [3.05, 3.63) is 98.1 Å². The van der Waals surface area contributed by atoms with Crippen LogP contribution in [0.3, 0.4) is 0 Å². The van der Waals surface area contributed by atoms with Crippen LogP contribution in [0.15, 0.2) is 84.0 Å². The highest BCUT2D eigenvalue weighted by Gasteiger charge is 2.26. The molecule has 0 bridgehead atoms. The number of hydrogen-bond donors (Lipinski definition) is 1. The van der Waals surface area contributed by atoms with Gasteiger partial charge in [0.05, 0.1) is 16.3 Å². The summed E-state index contributed by atoms with van der Waals surface area (Å²) in [5.41, 5.74) is 5.89. The zero-order chi connectivity index (χ0) is 18.8. The van der Waals surface area contributed by atoms with E-state index in [9.17, 15) is 10.1 Å². The van der Waals surface area contributed by atoms with E-state index in [4.69, 9.17) is 0 Å². The minimum absolute atomic E-state index is 0.0479. The first-order chi connectivity index (χ1) is 13.1. The van der Waals surface area contributed by atoms with Gasteiger partial charge in [0, 0.05) is 21.3 Å². The normalized spacial score (nSPS) is 13.3. The number of hydrazone groups is 1. The van der Waals surface area contributed by atoms with Crippen molar-refractivity contribution in [1.82, 2.24) is 5.43 Å². The van der Waals surface area contributed by atoms with Crippen LogP contribution < -0.4 is 15.7 Å². The molecule has 8 heteroatoms. The molecule has 1 N–H and O–H groups in total. The SMILES string of the molecule is O=[N+]([O-])c1ccc(C2=NN(c3ccccc3)N(c3ccc(I)cc3)N2)cc1. The number of halogens is 1. The maximum absolute atomic E-state index is 10.9. The van der Waals surface area contributed by atoms with Gasteiger partial charge in [-0.15, -0.1) is 5.10 Å². The van der Waals surface area contributed by atoms with Gasteiger partial charge in [-0.25, -0.2) is 0 Å². The van der Waals surface area contributed by atoms with Crippen molar-refractivity contribution in [2.45, 2.75) is 0 Å². The van der Waals surface area contributed by atoms with E-state index in [1.54, 1.807) is 17.3 Å². The summed E-state index contributed by atoms with van der Waals surface area (Å²) in [5.74, 6) is 0.604. The average molecular weight is 471 g/mol. The Morgan fingerprint density at radius 1 is 0.889 bits per heavy atom. The lowest BCUT2D eigenvalue weighted by Crippen LogP contribution is -2.44. The predicted octanol–water partition coefficient (Wildman–Crippen LogP) is 4.31. The number of para-hydroxylation sites is 1. The molecular weight excluding hydrogens is 457 g/mol. The Morgan fingerprint density at radius 3 is 2.19 bits per heavy atom. The summed E-state index contributed by atoms with van der Waals surface area (Å²) in [6.07, 6.45) is 0. The van der Waals surface area contributed by atoms with E-state index < -0.39 is 4.92 Å². The van der Waals surface area contributed by atoms with Crippen LogP contribution in [-0.2, 0) is 0 Å². The summed E-state index contributed by atoms with van der Waals surface area (Å²) in [5, 5.41) is 19.2. The number of anilines is 2. The Morgan fingerprint density at radius 2 is 1.56 bits per heavy atom. The number of benzene rings is 3. The van der Waals surface area contributed by atoms with Crippen LogP contribution in [0.2, 0.25) is 0 Å². The van der Waals surface area contributed by atoms with Crippen molar-refractivity contribution in [2.75, 3.05) is 10.2 Å². The first kappa shape index (κ1) is 17.3. The van der Waals surface area contributed by atoms with Crippen LogP contribution in [0.5, 0.6) is 0 Å². The highest BCUT2D eigenvalue weighted by Crippen LogP contribution is 2.26. The molecule has 0 radical (unpaired) electrons. The Bertz CT molecular complexity index is 991. The highest BCUT2D eigenvalue weighted by molar-refractivity contribution is 14.1. The van der Waals surface area contributed by atoms with Crippen LogP contribution in [0.1, 0.15) is 5.56 Å². The number of hydrazine groups is 2. The number of amidine groups is 1. The summed E-state index contributed by atoms with van der Waals surface area (Å²) < 4.78 is 1.14. The van der Waals surface area contributed by atoms with Gasteiger partial charge in [-0.1, -0.05) is 18.2 Å². The minimum atomic E-state index is -0.415. The van der Waals surface area contributed by atoms with Crippen molar-refractivity contribution in [2.24, 2.45) is 5.10 Å². The number of nitrogens with one attached hydrogen (secondary N) is 1. The quantitative estimate of drug-likeness (QED) is 0.349. The zero-order valence-electron chi connectivity index (χ0n) is 14.0. The molecule has 0 atom stereocenters. The number of non-ortho nitro benzene ring substituents is 1. The maximum atomic E-state index is 10.9. The van der Waals surface area contributed by atoms with E-state index in [0.717, 1.165) is 20.5 Å². The third-order valence-electron chi connectivity index (χ3n) is 4.01. The molecule has 4 rings (SSSR count). The summed E-state index contributed by atoms with van der Waals surface area (Å²) in [6, 6.07) is 24.1. The molecule has 134 valence electrons. The Labute approximate surface area is 169 Å². The molecule has 0 aromatic heterocycles. The molecular formula is C19H14IN5O2. The smallest absolute Gasteiger partial charge is 0.259 e. The summed E-state index contributed by atoms with van der Waals surface area (Å²) in [6.45, 7) is 0. The van der Waals surface area contributed by atoms with Crippen molar-refractivity contribution in [1.29, 1.82) is 0 Å². The van der Waals surface area contributed by atoms with Gasteiger partial charge in [0.2, 0.25) is 0 Å². The predicted molar refractivity (Wildman–Crippen MR) is 113 cm³/mol. The largest absolute Gasteiger partial charge is 0.269 e. The van der Waals surface area contributed by atoms with E-state index in [-0.39, 0.29) is 5.69 Å². The van der Waals surface area contributed by atoms with Crippen molar-refractivity contribution < 1.29 is 4.92 Å². The second kappa shape index (κ2) is 7.23. The van der Waals surface area contributed by atoms with Crippen molar-refractivity contribution >= 4 is 45.5 Å². The Balaban J connectivity index is 1.71. The lowest BCUT2D eigenvalue weighted by molar-refractivity contribution is -0.384. The van der Waals surface area contributed by atoms with Crippen LogP contribution >= 0.6 is 22.6 Å². The maximum Gasteiger partial charge on any atom is 0.269 e. The molecule has 0 unspecified atom stereocenters. The molecule has 7 nitrogen and oxygen atoms in total. The molecule has 27 heavy (non-hydrogen) atoms. The number of rotatable bonds is 4. The van der Waals surface area contributed by atoms with Gasteiger partial charge in [0.1, 0.15) is 0 Å². The van der Waals surface area contributed by atoms with Crippen LogP contribution in [0, 0.1) is 13.7 Å². The van der Waals surface area contributed by atoms with E-state index >= 15 is 0 Å². The first-order valence-corrected chi connectivity index (χ1v) is 9.20. The first-order valence-electron chi connectivity index (χ1n) is 8.13. The Hall–Kier alpha value is -3.14. The van der Waals surface area contributed by atoms with E-state index in [2.05, 4.69) is 33.1 Å². The summed E-state index contributed by atoms with van der Waals surface area (Å²) in [4.78, 5) is 10.5. The van der Waals surface area contributed by atoms with Gasteiger partial charge in [0.25, 0.3) is 5.69 Å². The lowest BCUT2D eigenvalue weighted by Gasteiger charge is -2.27. The molecule has 1 aliphatic rings. The van der Waals surface area contributed by atoms with Gasteiger partial charge in [-0.2, -0.15) is 10.2 Å². The average Bonchev–Trinajstić information content (AvgIpc) is 3.15. The van der Waals surface area contributed by atoms with Gasteiger partial charge < -0.3 is 0 Å². The summed E-state index contributed by atoms with van der Waals surface area (Å²) in [7, 11) is 0. The molecule has 0 saturated heterocycles. The molecule has 0 amide bonds. The van der Waals surface area contributed by atoms with E-state index in [0.29, 0.717) is 5.84 Å². The molecule has 1 aliphatic heterocycles. The monoisotopic (exact) mass is 471 g/mol. The fraction of sp³-hybridized carbons (Fsp3) is 0. The van der Waals surface area contributed by atoms with Crippen molar-refractivity contribution in [3.63, 3.8) is 0 Å². The molecule has 0 fully saturated rings. The third kappa shape index (κ3) is 3.56. The molecule has 0 spiro atoms. The summed E-state index contributed by atoms with van der Waals surface area (Å²) >= 11 is 2.26. The van der Waals surface area contributed by atoms with Gasteiger partial charge >= 0.3 is 0 Å². The van der Waals surface area contributed by atoms with Gasteiger partial charge in [-0.05, 0) is 71.1 Å². The van der Waals surface area contributed by atoms with Gasteiger partial charge in [0.15, 0.2) is 5.84 Å². The van der Waals surface area contributed by atoms with Crippen LogP contribution in [0.25, 0.3) is 0 Å². The molecule has 3 aromatic rings. The molecule has 0 saturated carbocycles. The number of hydrogen-bond acceptors (Lipinski definition) is 6. The van der Waals surface area contributed by atoms with E-state index in [1.165, 1.54) is 12.1 Å². The van der Waals surface area contributed by atoms with E-state index in [1.807, 2.05) is 59.7 Å². The minimum Gasteiger partial charge on any atom is -0.259 e. The third-order valence-corrected chi connectivity index (χ3v) is 4.73. The lowest BCUT2D eigenvalue weighted by atomic mass is 10.2. The van der Waals surface area contributed by atoms with Gasteiger partial charge in [-0.3, -0.25) is 15.5 Å². The topological polar surface area (TPSA) is 74.0 Å². The number of nitro benzene ring substituents is 1. The molecule has 1 heterocycles. The second-order valence-electron chi connectivity index (χ2n) is 5.78. The van der Waals surface area contributed by atoms with Crippen molar-refractivity contribution in [3.8, 4) is 0 Å². The second-order valence-corrected chi connectivity index (χ2v) is 7.02. The van der Waals surface area contributed by atoms with Crippen LogP contribution in [-0.4, -0.2) is 10.8 Å². The fourth-order valence-electron chi connectivity index (χ4n) is 2.66. The molecule has 3 aromatic carbocycles. The fourth-order valence-corrected chi connectivity index (χ4v) is 3.02. The zero-order valence-corrected chi connectivity index (χ0v) is 16.1.